The van der Waals surface area contributed by atoms with Crippen LogP contribution >= 0.6 is 15.9 Å². The molecule has 1 heterocycles. The highest BCUT2D eigenvalue weighted by Gasteiger charge is 2.24. The number of methoxy groups -OCH3 is 1. The topological polar surface area (TPSA) is 29.5 Å². The van der Waals surface area contributed by atoms with Gasteiger partial charge in [-0.2, -0.15) is 0 Å². The summed E-state index contributed by atoms with van der Waals surface area (Å²) in [5.41, 5.74) is 0.380. The number of carbonyl (C=O) groups excluding carboxylic acids is 1. The van der Waals surface area contributed by atoms with E-state index in [1.165, 1.54) is 12.1 Å². The number of hydrogen-bond donors (Lipinski definition) is 0. The Morgan fingerprint density at radius 3 is 2.72 bits per heavy atom. The quantitative estimate of drug-likeness (QED) is 0.840. The van der Waals surface area contributed by atoms with Gasteiger partial charge < -0.3 is 9.64 Å². The number of likely N-dealkylation sites (tertiary alicyclic amines) is 1. The standard InChI is InChI=1S/C13H15BrFNO2/c1-18-10-4-6-16(7-5-10)13(17)11-8-9(15)2-3-12(11)14/h2-3,8,10H,4-7H2,1H3. The smallest absolute Gasteiger partial charge is 0.255 e. The number of piperidine rings is 1. The number of amides is 1. The molecule has 98 valence electrons. The fourth-order valence-corrected chi connectivity index (χ4v) is 2.54. The third-order valence-electron chi connectivity index (χ3n) is 3.22. The highest BCUT2D eigenvalue weighted by Crippen LogP contribution is 2.22. The summed E-state index contributed by atoms with van der Waals surface area (Å²) in [5.74, 6) is -0.524. The Labute approximate surface area is 114 Å². The summed E-state index contributed by atoms with van der Waals surface area (Å²) in [4.78, 5) is 14.0. The van der Waals surface area contributed by atoms with Crippen LogP contribution in [0.2, 0.25) is 0 Å². The summed E-state index contributed by atoms with van der Waals surface area (Å²) in [6, 6.07) is 4.16. The number of nitrogens with zero attached hydrogens (tertiary/aromatic N) is 1. The molecule has 1 aromatic rings. The van der Waals surface area contributed by atoms with Crippen LogP contribution in [0, 0.1) is 5.82 Å². The first-order chi connectivity index (χ1) is 8.61. The molecule has 18 heavy (non-hydrogen) atoms. The van der Waals surface area contributed by atoms with Crippen molar-refractivity contribution in [3.63, 3.8) is 0 Å². The van der Waals surface area contributed by atoms with Crippen molar-refractivity contribution in [2.75, 3.05) is 20.2 Å². The Bertz CT molecular complexity index is 445. The van der Waals surface area contributed by atoms with Crippen molar-refractivity contribution >= 4 is 21.8 Å². The third-order valence-corrected chi connectivity index (χ3v) is 3.91. The van der Waals surface area contributed by atoms with E-state index in [0.29, 0.717) is 23.1 Å². The summed E-state index contributed by atoms with van der Waals surface area (Å²) < 4.78 is 19.1. The lowest BCUT2D eigenvalue weighted by atomic mass is 10.1. The Balaban J connectivity index is 2.10. The maximum atomic E-state index is 13.2. The molecule has 1 fully saturated rings. The lowest BCUT2D eigenvalue weighted by Crippen LogP contribution is -2.40. The van der Waals surface area contributed by atoms with Crippen LogP contribution in [0.25, 0.3) is 0 Å². The predicted molar refractivity (Wildman–Crippen MR) is 70.0 cm³/mol. The molecule has 0 unspecified atom stereocenters. The first kappa shape index (κ1) is 13.5. The molecule has 0 bridgehead atoms. The lowest BCUT2D eigenvalue weighted by Gasteiger charge is -2.31. The van der Waals surface area contributed by atoms with E-state index in [1.54, 1.807) is 18.1 Å². The Morgan fingerprint density at radius 1 is 1.44 bits per heavy atom. The van der Waals surface area contributed by atoms with Gasteiger partial charge >= 0.3 is 0 Å². The van der Waals surface area contributed by atoms with Gasteiger partial charge in [-0.25, -0.2) is 4.39 Å². The van der Waals surface area contributed by atoms with Crippen LogP contribution in [0.5, 0.6) is 0 Å². The molecule has 0 aromatic heterocycles. The van der Waals surface area contributed by atoms with Crippen LogP contribution in [0.3, 0.4) is 0 Å². The van der Waals surface area contributed by atoms with Gasteiger partial charge in [-0.15, -0.1) is 0 Å². The molecule has 0 aliphatic carbocycles. The van der Waals surface area contributed by atoms with E-state index in [2.05, 4.69) is 15.9 Å². The van der Waals surface area contributed by atoms with Crippen LogP contribution in [-0.2, 0) is 4.74 Å². The summed E-state index contributed by atoms with van der Waals surface area (Å²) >= 11 is 3.28. The zero-order valence-corrected chi connectivity index (χ0v) is 11.7. The summed E-state index contributed by atoms with van der Waals surface area (Å²) in [6.45, 7) is 1.31. The summed E-state index contributed by atoms with van der Waals surface area (Å²) in [7, 11) is 1.69. The van der Waals surface area contributed by atoms with Gasteiger partial charge in [-0.05, 0) is 47.0 Å². The number of benzene rings is 1. The largest absolute Gasteiger partial charge is 0.381 e. The SMILES string of the molecule is COC1CCN(C(=O)c2cc(F)ccc2Br)CC1. The second kappa shape index (κ2) is 5.80. The number of hydrogen-bond acceptors (Lipinski definition) is 2. The normalized spacial score (nSPS) is 16.9. The van der Waals surface area contributed by atoms with Crippen molar-refractivity contribution in [2.24, 2.45) is 0 Å². The Morgan fingerprint density at radius 2 is 2.11 bits per heavy atom. The van der Waals surface area contributed by atoms with Crippen LogP contribution in [0.4, 0.5) is 4.39 Å². The van der Waals surface area contributed by atoms with E-state index in [4.69, 9.17) is 4.74 Å². The number of rotatable bonds is 2. The van der Waals surface area contributed by atoms with E-state index >= 15 is 0 Å². The molecule has 0 radical (unpaired) electrons. The highest BCUT2D eigenvalue weighted by atomic mass is 79.9. The zero-order chi connectivity index (χ0) is 13.1. The van der Waals surface area contributed by atoms with Crippen LogP contribution in [0.1, 0.15) is 23.2 Å². The van der Waals surface area contributed by atoms with E-state index in [0.717, 1.165) is 12.8 Å². The molecule has 1 saturated heterocycles. The number of halogens is 2. The molecule has 5 heteroatoms. The monoisotopic (exact) mass is 315 g/mol. The molecular formula is C13H15BrFNO2. The van der Waals surface area contributed by atoms with E-state index in [-0.39, 0.29) is 12.0 Å². The molecule has 2 rings (SSSR count). The third kappa shape index (κ3) is 2.90. The molecule has 0 N–H and O–H groups in total. The van der Waals surface area contributed by atoms with Crippen LogP contribution in [0.15, 0.2) is 22.7 Å². The molecule has 0 saturated carbocycles. The minimum atomic E-state index is -0.395. The minimum Gasteiger partial charge on any atom is -0.381 e. The van der Waals surface area contributed by atoms with Gasteiger partial charge in [0.1, 0.15) is 5.82 Å². The van der Waals surface area contributed by atoms with Gasteiger partial charge in [0.2, 0.25) is 0 Å². The Hall–Kier alpha value is -0.940. The van der Waals surface area contributed by atoms with Crippen molar-refractivity contribution in [1.29, 1.82) is 0 Å². The molecule has 1 aliphatic rings. The molecule has 1 aliphatic heterocycles. The van der Waals surface area contributed by atoms with Crippen LogP contribution in [-0.4, -0.2) is 37.1 Å². The first-order valence-electron chi connectivity index (χ1n) is 5.89. The molecule has 0 spiro atoms. The summed E-state index contributed by atoms with van der Waals surface area (Å²) in [6.07, 6.45) is 1.88. The zero-order valence-electron chi connectivity index (χ0n) is 10.2. The summed E-state index contributed by atoms with van der Waals surface area (Å²) in [5, 5.41) is 0. The molecule has 3 nitrogen and oxygen atoms in total. The second-order valence-electron chi connectivity index (χ2n) is 4.35. The van der Waals surface area contributed by atoms with Crippen molar-refractivity contribution in [3.05, 3.63) is 34.1 Å². The van der Waals surface area contributed by atoms with Crippen molar-refractivity contribution in [2.45, 2.75) is 18.9 Å². The maximum Gasteiger partial charge on any atom is 0.255 e. The minimum absolute atomic E-state index is 0.129. The highest BCUT2D eigenvalue weighted by molar-refractivity contribution is 9.10. The number of ether oxygens (including phenoxy) is 1. The van der Waals surface area contributed by atoms with E-state index in [9.17, 15) is 9.18 Å². The lowest BCUT2D eigenvalue weighted by molar-refractivity contribution is 0.0350. The molecule has 1 amide bonds. The average molecular weight is 316 g/mol. The van der Waals surface area contributed by atoms with Crippen molar-refractivity contribution in [1.82, 2.24) is 4.90 Å². The van der Waals surface area contributed by atoms with Gasteiger partial charge in [0.05, 0.1) is 11.7 Å². The molecular weight excluding hydrogens is 301 g/mol. The van der Waals surface area contributed by atoms with Crippen LogP contribution < -0.4 is 0 Å². The predicted octanol–water partition coefficient (Wildman–Crippen LogP) is 2.84. The van der Waals surface area contributed by atoms with E-state index < -0.39 is 5.82 Å². The molecule has 0 atom stereocenters. The second-order valence-corrected chi connectivity index (χ2v) is 5.21. The van der Waals surface area contributed by atoms with Gasteiger partial charge in [0, 0.05) is 24.7 Å². The fraction of sp³-hybridized carbons (Fsp3) is 0.462. The number of carbonyl (C=O) groups is 1. The maximum absolute atomic E-state index is 13.2. The van der Waals surface area contributed by atoms with Gasteiger partial charge in [0.25, 0.3) is 5.91 Å². The fourth-order valence-electron chi connectivity index (χ4n) is 2.13. The van der Waals surface area contributed by atoms with Gasteiger partial charge in [-0.1, -0.05) is 0 Å². The van der Waals surface area contributed by atoms with Crippen molar-refractivity contribution < 1.29 is 13.9 Å². The first-order valence-corrected chi connectivity index (χ1v) is 6.68. The van der Waals surface area contributed by atoms with Gasteiger partial charge in [0.15, 0.2) is 0 Å². The van der Waals surface area contributed by atoms with Gasteiger partial charge in [-0.3, -0.25) is 4.79 Å². The van der Waals surface area contributed by atoms with Crippen molar-refractivity contribution in [3.8, 4) is 0 Å². The average Bonchev–Trinajstić information content (AvgIpc) is 2.41. The Kier molecular flexibility index (Phi) is 4.35. The molecule has 1 aromatic carbocycles. The van der Waals surface area contributed by atoms with E-state index in [1.807, 2.05) is 0 Å².